The lowest BCUT2D eigenvalue weighted by Gasteiger charge is -2.19. The lowest BCUT2D eigenvalue weighted by Crippen LogP contribution is -2.28. The fourth-order valence-electron chi connectivity index (χ4n) is 2.09. The van der Waals surface area contributed by atoms with Crippen molar-refractivity contribution in [2.24, 2.45) is 4.99 Å². The van der Waals surface area contributed by atoms with E-state index in [-0.39, 0.29) is 5.97 Å². The van der Waals surface area contributed by atoms with E-state index < -0.39 is 0 Å². The number of rotatable bonds is 3. The van der Waals surface area contributed by atoms with Crippen molar-refractivity contribution in [1.29, 1.82) is 0 Å². The van der Waals surface area contributed by atoms with E-state index in [1.165, 1.54) is 6.20 Å². The normalized spacial score (nSPS) is 19.1. The van der Waals surface area contributed by atoms with Crippen LogP contribution < -0.4 is 10.2 Å². The van der Waals surface area contributed by atoms with E-state index in [0.29, 0.717) is 18.8 Å². The highest BCUT2D eigenvalue weighted by atomic mass is 16.7. The highest BCUT2D eigenvalue weighted by molar-refractivity contribution is 5.98. The molecule has 3 heterocycles. The van der Waals surface area contributed by atoms with Gasteiger partial charge in [-0.15, -0.1) is 5.06 Å². The van der Waals surface area contributed by atoms with Gasteiger partial charge in [0.1, 0.15) is 5.56 Å². The summed E-state index contributed by atoms with van der Waals surface area (Å²) in [4.78, 5) is 27.6. The molecule has 19 heavy (non-hydrogen) atoms. The molecule has 0 atom stereocenters. The molecule has 2 aliphatic rings. The topological polar surface area (TPSA) is 70.1 Å². The van der Waals surface area contributed by atoms with Crippen LogP contribution in [0.25, 0.3) is 0 Å². The van der Waals surface area contributed by atoms with Crippen LogP contribution in [0.5, 0.6) is 0 Å². The van der Waals surface area contributed by atoms with Crippen molar-refractivity contribution >= 4 is 18.0 Å². The van der Waals surface area contributed by atoms with Crippen molar-refractivity contribution in [1.82, 2.24) is 15.4 Å². The summed E-state index contributed by atoms with van der Waals surface area (Å²) in [6.07, 6.45) is 4.94. The van der Waals surface area contributed by atoms with Gasteiger partial charge in [0.05, 0.1) is 25.2 Å². The molecule has 3 rings (SSSR count). The van der Waals surface area contributed by atoms with Gasteiger partial charge in [0.2, 0.25) is 0 Å². The van der Waals surface area contributed by atoms with Crippen LogP contribution in [0.2, 0.25) is 0 Å². The minimum Gasteiger partial charge on any atom is -0.362 e. The quantitative estimate of drug-likeness (QED) is 0.817. The molecule has 0 unspecified atom stereocenters. The number of carbonyl (C=O) groups is 1. The van der Waals surface area contributed by atoms with Crippen molar-refractivity contribution in [2.45, 2.75) is 0 Å². The molecule has 1 aromatic heterocycles. The minimum atomic E-state index is -0.382. The monoisotopic (exact) mass is 261 g/mol. The summed E-state index contributed by atoms with van der Waals surface area (Å²) in [6.45, 7) is 3.60. The standard InChI is InChI=1S/C12H15N5O2/c18-12(19-17-6-4-15-9-17)10-7-13-2-1-11(10)16-5-3-14-8-16/h1-2,7-8,15H,3-6,9H2. The van der Waals surface area contributed by atoms with Crippen LogP contribution in [0, 0.1) is 0 Å². The first-order valence-corrected chi connectivity index (χ1v) is 6.23. The third kappa shape index (κ3) is 2.56. The lowest BCUT2D eigenvalue weighted by molar-refractivity contribution is -0.0935. The van der Waals surface area contributed by atoms with E-state index in [4.69, 9.17) is 4.84 Å². The van der Waals surface area contributed by atoms with Gasteiger partial charge in [0.15, 0.2) is 0 Å². The fourth-order valence-corrected chi connectivity index (χ4v) is 2.09. The molecular weight excluding hydrogens is 246 g/mol. The van der Waals surface area contributed by atoms with Gasteiger partial charge in [-0.3, -0.25) is 9.98 Å². The molecule has 1 saturated heterocycles. The molecule has 0 bridgehead atoms. The number of aliphatic imine (C=N–C) groups is 1. The zero-order chi connectivity index (χ0) is 13.1. The van der Waals surface area contributed by atoms with Crippen LogP contribution in [0.3, 0.4) is 0 Å². The summed E-state index contributed by atoms with van der Waals surface area (Å²) in [5.41, 5.74) is 1.25. The van der Waals surface area contributed by atoms with Crippen LogP contribution in [0.15, 0.2) is 23.5 Å². The molecule has 100 valence electrons. The SMILES string of the molecule is O=C(ON1CCNC1)c1cnccc1N1C=NCC1. The van der Waals surface area contributed by atoms with Gasteiger partial charge in [-0.1, -0.05) is 0 Å². The third-order valence-electron chi connectivity index (χ3n) is 3.06. The van der Waals surface area contributed by atoms with Crippen LogP contribution in [-0.4, -0.2) is 55.2 Å². The molecule has 0 spiro atoms. The van der Waals surface area contributed by atoms with E-state index in [1.54, 1.807) is 23.7 Å². The molecule has 7 nitrogen and oxygen atoms in total. The number of anilines is 1. The lowest BCUT2D eigenvalue weighted by atomic mass is 10.2. The number of nitrogens with zero attached hydrogens (tertiary/aromatic N) is 4. The Balaban J connectivity index is 1.78. The van der Waals surface area contributed by atoms with E-state index >= 15 is 0 Å². The molecule has 1 fully saturated rings. The maximum Gasteiger partial charge on any atom is 0.360 e. The molecule has 0 aromatic carbocycles. The minimum absolute atomic E-state index is 0.382. The Bertz CT molecular complexity index is 499. The Kier molecular flexibility index (Phi) is 3.39. The average Bonchev–Trinajstić information content (AvgIpc) is 3.11. The first-order valence-electron chi connectivity index (χ1n) is 6.23. The van der Waals surface area contributed by atoms with Crippen molar-refractivity contribution < 1.29 is 9.63 Å². The van der Waals surface area contributed by atoms with Gasteiger partial charge in [0.25, 0.3) is 0 Å². The molecule has 0 aliphatic carbocycles. The van der Waals surface area contributed by atoms with Gasteiger partial charge >= 0.3 is 5.97 Å². The van der Waals surface area contributed by atoms with Gasteiger partial charge in [0, 0.05) is 32.0 Å². The second kappa shape index (κ2) is 5.33. The number of pyridine rings is 1. The van der Waals surface area contributed by atoms with Crippen molar-refractivity contribution in [3.63, 3.8) is 0 Å². The predicted octanol–water partition coefficient (Wildman–Crippen LogP) is -0.136. The van der Waals surface area contributed by atoms with Gasteiger partial charge in [-0.2, -0.15) is 0 Å². The number of hydroxylamine groups is 2. The number of aromatic nitrogens is 1. The zero-order valence-electron chi connectivity index (χ0n) is 10.5. The predicted molar refractivity (Wildman–Crippen MR) is 69.9 cm³/mol. The first kappa shape index (κ1) is 12.1. The van der Waals surface area contributed by atoms with Crippen molar-refractivity contribution in [2.75, 3.05) is 37.7 Å². The first-order chi connectivity index (χ1) is 9.34. The molecule has 0 saturated carbocycles. The Morgan fingerprint density at radius 3 is 3.11 bits per heavy atom. The summed E-state index contributed by atoms with van der Waals surface area (Å²) in [5, 5.41) is 4.71. The van der Waals surface area contributed by atoms with Gasteiger partial charge < -0.3 is 15.1 Å². The third-order valence-corrected chi connectivity index (χ3v) is 3.06. The highest BCUT2D eigenvalue weighted by Gasteiger charge is 2.22. The van der Waals surface area contributed by atoms with Crippen molar-refractivity contribution in [3.8, 4) is 0 Å². The molecule has 0 radical (unpaired) electrons. The van der Waals surface area contributed by atoms with Crippen LogP contribution in [0.4, 0.5) is 5.69 Å². The fraction of sp³-hybridized carbons (Fsp3) is 0.417. The maximum absolute atomic E-state index is 12.2. The maximum atomic E-state index is 12.2. The van der Waals surface area contributed by atoms with Crippen LogP contribution >= 0.6 is 0 Å². The van der Waals surface area contributed by atoms with E-state index in [0.717, 1.165) is 25.3 Å². The summed E-state index contributed by atoms with van der Waals surface area (Å²) in [5.74, 6) is -0.382. The van der Waals surface area contributed by atoms with Crippen LogP contribution in [-0.2, 0) is 4.84 Å². The molecular formula is C12H15N5O2. The summed E-state index contributed by atoms with van der Waals surface area (Å²) in [6, 6.07) is 1.80. The Morgan fingerprint density at radius 1 is 1.42 bits per heavy atom. The molecule has 1 N–H and O–H groups in total. The number of hydrogen-bond acceptors (Lipinski definition) is 7. The summed E-state index contributed by atoms with van der Waals surface area (Å²) in [7, 11) is 0. The van der Waals surface area contributed by atoms with E-state index in [9.17, 15) is 4.79 Å². The number of carbonyl (C=O) groups excluding carboxylic acids is 1. The smallest absolute Gasteiger partial charge is 0.360 e. The highest BCUT2D eigenvalue weighted by Crippen LogP contribution is 2.21. The second-order valence-electron chi connectivity index (χ2n) is 4.35. The van der Waals surface area contributed by atoms with Crippen LogP contribution in [0.1, 0.15) is 10.4 Å². The second-order valence-corrected chi connectivity index (χ2v) is 4.35. The van der Waals surface area contributed by atoms with Crippen molar-refractivity contribution in [3.05, 3.63) is 24.0 Å². The number of nitrogens with one attached hydrogen (secondary N) is 1. The summed E-state index contributed by atoms with van der Waals surface area (Å²) >= 11 is 0. The Morgan fingerprint density at radius 2 is 2.37 bits per heavy atom. The number of hydrogen-bond donors (Lipinski definition) is 1. The molecule has 0 amide bonds. The average molecular weight is 261 g/mol. The van der Waals surface area contributed by atoms with E-state index in [1.807, 2.05) is 4.90 Å². The zero-order valence-corrected chi connectivity index (χ0v) is 10.5. The van der Waals surface area contributed by atoms with Gasteiger partial charge in [-0.25, -0.2) is 4.79 Å². The van der Waals surface area contributed by atoms with E-state index in [2.05, 4.69) is 15.3 Å². The molecule has 7 heteroatoms. The van der Waals surface area contributed by atoms with Gasteiger partial charge in [-0.05, 0) is 6.07 Å². The summed E-state index contributed by atoms with van der Waals surface area (Å²) < 4.78 is 0. The molecule has 1 aromatic rings. The molecule has 2 aliphatic heterocycles. The largest absolute Gasteiger partial charge is 0.362 e. The Hall–Kier alpha value is -1.99. The Labute approximate surface area is 110 Å².